The van der Waals surface area contributed by atoms with Crippen molar-refractivity contribution < 1.29 is 17.9 Å². The SMILES string of the molecule is CN=C(NCCNC(=O)c1cccnc1)N1CCN(S(=O)(=O)CCOC(C)C)CC1. The monoisotopic (exact) mass is 440 g/mol. The first kappa shape index (κ1) is 24.0. The number of ether oxygens (including phenoxy) is 1. The lowest BCUT2D eigenvalue weighted by atomic mass is 10.3. The van der Waals surface area contributed by atoms with E-state index < -0.39 is 10.0 Å². The second-order valence-electron chi connectivity index (χ2n) is 7.09. The Hall–Kier alpha value is -2.24. The third kappa shape index (κ3) is 7.54. The Kier molecular flexibility index (Phi) is 9.47. The number of aromatic nitrogens is 1. The van der Waals surface area contributed by atoms with Crippen LogP contribution >= 0.6 is 0 Å². The van der Waals surface area contributed by atoms with E-state index in [0.717, 1.165) is 0 Å². The Morgan fingerprint density at radius 1 is 1.23 bits per heavy atom. The van der Waals surface area contributed by atoms with Gasteiger partial charge in [-0.15, -0.1) is 0 Å². The normalized spacial score (nSPS) is 16.0. The van der Waals surface area contributed by atoms with Gasteiger partial charge in [-0.2, -0.15) is 4.31 Å². The van der Waals surface area contributed by atoms with Crippen LogP contribution in [0.5, 0.6) is 0 Å². The first-order valence-corrected chi connectivity index (χ1v) is 11.7. The number of amides is 1. The molecule has 0 bridgehead atoms. The average Bonchev–Trinajstić information content (AvgIpc) is 2.74. The van der Waals surface area contributed by atoms with Crippen LogP contribution in [0.2, 0.25) is 0 Å². The first-order valence-electron chi connectivity index (χ1n) is 10.1. The van der Waals surface area contributed by atoms with E-state index in [1.54, 1.807) is 25.4 Å². The molecule has 11 heteroatoms. The zero-order valence-electron chi connectivity index (χ0n) is 17.9. The molecule has 0 spiro atoms. The van der Waals surface area contributed by atoms with Gasteiger partial charge in [-0.3, -0.25) is 14.8 Å². The number of nitrogens with zero attached hydrogens (tertiary/aromatic N) is 4. The van der Waals surface area contributed by atoms with Crippen molar-refractivity contribution in [3.05, 3.63) is 30.1 Å². The summed E-state index contributed by atoms with van der Waals surface area (Å²) in [5, 5.41) is 6.03. The molecule has 0 saturated carbocycles. The van der Waals surface area contributed by atoms with E-state index in [-0.39, 0.29) is 24.4 Å². The van der Waals surface area contributed by atoms with Crippen LogP contribution < -0.4 is 10.6 Å². The average molecular weight is 441 g/mol. The lowest BCUT2D eigenvalue weighted by Gasteiger charge is -2.35. The Bertz CT molecular complexity index is 793. The fourth-order valence-electron chi connectivity index (χ4n) is 2.98. The number of piperazine rings is 1. The van der Waals surface area contributed by atoms with Crippen molar-refractivity contribution in [1.82, 2.24) is 24.8 Å². The first-order chi connectivity index (χ1) is 14.3. The summed E-state index contributed by atoms with van der Waals surface area (Å²) in [7, 11) is -1.64. The summed E-state index contributed by atoms with van der Waals surface area (Å²) in [4.78, 5) is 22.2. The number of carbonyl (C=O) groups excluding carboxylic acids is 1. The highest BCUT2D eigenvalue weighted by atomic mass is 32.2. The highest BCUT2D eigenvalue weighted by Crippen LogP contribution is 2.09. The second-order valence-corrected chi connectivity index (χ2v) is 9.18. The van der Waals surface area contributed by atoms with Crippen molar-refractivity contribution in [3.8, 4) is 0 Å². The Morgan fingerprint density at radius 3 is 2.53 bits per heavy atom. The Labute approximate surface area is 178 Å². The predicted molar refractivity (Wildman–Crippen MR) is 116 cm³/mol. The van der Waals surface area contributed by atoms with Crippen LogP contribution in [0.3, 0.4) is 0 Å². The molecule has 1 amide bonds. The van der Waals surface area contributed by atoms with E-state index in [0.29, 0.717) is 50.8 Å². The van der Waals surface area contributed by atoms with Gasteiger partial charge in [0.2, 0.25) is 10.0 Å². The van der Waals surface area contributed by atoms with Crippen LogP contribution in [-0.4, -0.2) is 99.3 Å². The van der Waals surface area contributed by atoms with E-state index in [2.05, 4.69) is 20.6 Å². The third-order valence-corrected chi connectivity index (χ3v) is 6.39. The molecule has 10 nitrogen and oxygen atoms in total. The van der Waals surface area contributed by atoms with Gasteiger partial charge < -0.3 is 20.3 Å². The van der Waals surface area contributed by atoms with E-state index in [4.69, 9.17) is 4.74 Å². The van der Waals surface area contributed by atoms with Crippen LogP contribution in [0.4, 0.5) is 0 Å². The van der Waals surface area contributed by atoms with Gasteiger partial charge in [0.25, 0.3) is 5.91 Å². The minimum atomic E-state index is -3.32. The molecule has 1 aliphatic rings. The lowest BCUT2D eigenvalue weighted by Crippen LogP contribution is -2.54. The van der Waals surface area contributed by atoms with E-state index >= 15 is 0 Å². The van der Waals surface area contributed by atoms with Crippen molar-refractivity contribution in [3.63, 3.8) is 0 Å². The molecule has 168 valence electrons. The number of hydrogen-bond acceptors (Lipinski definition) is 6. The highest BCUT2D eigenvalue weighted by Gasteiger charge is 2.27. The van der Waals surface area contributed by atoms with Gasteiger partial charge in [0, 0.05) is 58.7 Å². The molecular weight excluding hydrogens is 408 g/mol. The number of rotatable bonds is 9. The number of hydrogen-bond donors (Lipinski definition) is 2. The van der Waals surface area contributed by atoms with Gasteiger partial charge in [-0.05, 0) is 26.0 Å². The zero-order valence-corrected chi connectivity index (χ0v) is 18.7. The summed E-state index contributed by atoms with van der Waals surface area (Å²) in [5.41, 5.74) is 0.512. The van der Waals surface area contributed by atoms with Gasteiger partial charge in [-0.1, -0.05) is 0 Å². The number of sulfonamides is 1. The molecule has 0 aromatic carbocycles. The summed E-state index contributed by atoms with van der Waals surface area (Å²) < 4.78 is 31.8. The molecule has 2 heterocycles. The van der Waals surface area contributed by atoms with Crippen molar-refractivity contribution >= 4 is 21.9 Å². The summed E-state index contributed by atoms with van der Waals surface area (Å²) in [6, 6.07) is 3.42. The van der Waals surface area contributed by atoms with Crippen molar-refractivity contribution in [2.75, 3.05) is 58.7 Å². The lowest BCUT2D eigenvalue weighted by molar-refractivity contribution is 0.0904. The predicted octanol–water partition coefficient (Wildman–Crippen LogP) is -0.241. The van der Waals surface area contributed by atoms with Gasteiger partial charge in [0.05, 0.1) is 24.0 Å². The molecular formula is C19H32N6O4S. The molecule has 30 heavy (non-hydrogen) atoms. The fourth-order valence-corrected chi connectivity index (χ4v) is 4.26. The number of carbonyl (C=O) groups is 1. The smallest absolute Gasteiger partial charge is 0.252 e. The quantitative estimate of drug-likeness (QED) is 0.309. The van der Waals surface area contributed by atoms with E-state index in [9.17, 15) is 13.2 Å². The molecule has 1 aromatic rings. The van der Waals surface area contributed by atoms with Crippen molar-refractivity contribution in [1.29, 1.82) is 0 Å². The van der Waals surface area contributed by atoms with Crippen LogP contribution in [0.25, 0.3) is 0 Å². The highest BCUT2D eigenvalue weighted by molar-refractivity contribution is 7.89. The van der Waals surface area contributed by atoms with Crippen molar-refractivity contribution in [2.24, 2.45) is 4.99 Å². The largest absolute Gasteiger partial charge is 0.378 e. The standard InChI is InChI=1S/C19H32N6O4S/c1-16(2)29-13-14-30(27,28)25-11-9-24(10-12-25)19(20-3)23-8-7-22-18(26)17-5-4-6-21-15-17/h4-6,15-16H,7-14H2,1-3H3,(H,20,23)(H,22,26). The molecule has 2 N–H and O–H groups in total. The molecule has 1 aliphatic heterocycles. The Balaban J connectivity index is 1.72. The molecule has 1 saturated heterocycles. The minimum absolute atomic E-state index is 0.00517. The van der Waals surface area contributed by atoms with Gasteiger partial charge in [0.1, 0.15) is 0 Å². The maximum Gasteiger partial charge on any atom is 0.252 e. The Morgan fingerprint density at radius 2 is 1.93 bits per heavy atom. The minimum Gasteiger partial charge on any atom is -0.378 e. The third-order valence-electron chi connectivity index (χ3n) is 4.55. The van der Waals surface area contributed by atoms with Crippen LogP contribution in [0.1, 0.15) is 24.2 Å². The van der Waals surface area contributed by atoms with E-state index in [1.165, 1.54) is 10.5 Å². The van der Waals surface area contributed by atoms with E-state index in [1.807, 2.05) is 18.7 Å². The maximum atomic E-state index is 12.4. The molecule has 1 fully saturated rings. The summed E-state index contributed by atoms with van der Waals surface area (Å²) in [6.45, 7) is 6.81. The molecule has 0 aliphatic carbocycles. The summed E-state index contributed by atoms with van der Waals surface area (Å²) in [5.74, 6) is 0.500. The zero-order chi connectivity index (χ0) is 22.0. The molecule has 0 atom stereocenters. The maximum absolute atomic E-state index is 12.4. The fraction of sp³-hybridized carbons (Fsp3) is 0.632. The molecule has 2 rings (SSSR count). The van der Waals surface area contributed by atoms with Crippen molar-refractivity contribution in [2.45, 2.75) is 20.0 Å². The van der Waals surface area contributed by atoms with Crippen LogP contribution in [0, 0.1) is 0 Å². The number of pyridine rings is 1. The number of nitrogens with one attached hydrogen (secondary N) is 2. The molecule has 1 aromatic heterocycles. The van der Waals surface area contributed by atoms with Gasteiger partial charge >= 0.3 is 0 Å². The summed E-state index contributed by atoms with van der Waals surface area (Å²) >= 11 is 0. The molecule has 0 unspecified atom stereocenters. The van der Waals surface area contributed by atoms with Crippen LogP contribution in [-0.2, 0) is 14.8 Å². The van der Waals surface area contributed by atoms with Gasteiger partial charge in [-0.25, -0.2) is 8.42 Å². The van der Waals surface area contributed by atoms with Crippen LogP contribution in [0.15, 0.2) is 29.5 Å². The molecule has 0 radical (unpaired) electrons. The van der Waals surface area contributed by atoms with Gasteiger partial charge in [0.15, 0.2) is 5.96 Å². The number of aliphatic imine (C=N–C) groups is 1. The number of guanidine groups is 1. The summed E-state index contributed by atoms with van der Waals surface area (Å²) in [6.07, 6.45) is 3.15. The topological polar surface area (TPSA) is 116 Å². The second kappa shape index (κ2) is 11.8.